The Bertz CT molecular complexity index is 373. The molecule has 1 aliphatic rings. The van der Waals surface area contributed by atoms with Gasteiger partial charge in [0.1, 0.15) is 0 Å². The van der Waals surface area contributed by atoms with E-state index < -0.39 is 5.97 Å². The van der Waals surface area contributed by atoms with Gasteiger partial charge in [0.2, 0.25) is 0 Å². The molecule has 6 heteroatoms. The largest absolute Gasteiger partial charge is 0.464 e. The molecule has 82 valence electrons. The number of hydrogen-bond acceptors (Lipinski definition) is 5. The summed E-state index contributed by atoms with van der Waals surface area (Å²) >= 11 is 4.71. The van der Waals surface area contributed by atoms with Crippen molar-refractivity contribution in [2.24, 2.45) is 0 Å². The van der Waals surface area contributed by atoms with Gasteiger partial charge in [-0.1, -0.05) is 0 Å². The van der Waals surface area contributed by atoms with Gasteiger partial charge in [-0.15, -0.1) is 11.3 Å². The number of hydrogen-bond donors (Lipinski definition) is 0. The van der Waals surface area contributed by atoms with E-state index in [2.05, 4.69) is 25.7 Å². The van der Waals surface area contributed by atoms with E-state index in [1.807, 2.05) is 0 Å². The molecule has 2 rings (SSSR count). The number of esters is 1. The first-order valence-electron chi connectivity index (χ1n) is 4.58. The number of nitrogens with zero attached hydrogens (tertiary/aromatic N) is 1. The maximum atomic E-state index is 11.4. The molecule has 4 nitrogen and oxygen atoms in total. The van der Waals surface area contributed by atoms with Crippen LogP contribution in [0.2, 0.25) is 0 Å². The first-order valence-corrected chi connectivity index (χ1v) is 6.19. The summed E-state index contributed by atoms with van der Waals surface area (Å²) in [6.07, 6.45) is 1.97. The molecule has 0 bridgehead atoms. The van der Waals surface area contributed by atoms with Crippen LogP contribution in [0.1, 0.15) is 34.3 Å². The summed E-state index contributed by atoms with van der Waals surface area (Å²) in [5.74, 6) is -0.401. The average molecular weight is 292 g/mol. The minimum atomic E-state index is -0.401. The first kappa shape index (κ1) is 11.0. The Morgan fingerprint density at radius 1 is 1.73 bits per heavy atom. The zero-order valence-corrected chi connectivity index (χ0v) is 10.6. The van der Waals surface area contributed by atoms with Crippen LogP contribution >= 0.6 is 27.3 Å². The fourth-order valence-electron chi connectivity index (χ4n) is 1.55. The third kappa shape index (κ3) is 2.21. The second-order valence-electron chi connectivity index (χ2n) is 3.17. The number of aromatic nitrogens is 1. The van der Waals surface area contributed by atoms with Crippen molar-refractivity contribution in [1.29, 1.82) is 0 Å². The molecule has 0 radical (unpaired) electrons. The van der Waals surface area contributed by atoms with Crippen molar-refractivity contribution in [2.45, 2.75) is 18.9 Å². The van der Waals surface area contributed by atoms with Crippen LogP contribution in [0.3, 0.4) is 0 Å². The average Bonchev–Trinajstić information content (AvgIpc) is 2.84. The molecular weight excluding hydrogens is 282 g/mol. The van der Waals surface area contributed by atoms with Crippen molar-refractivity contribution in [3.8, 4) is 0 Å². The lowest BCUT2D eigenvalue weighted by Crippen LogP contribution is -2.07. The van der Waals surface area contributed by atoms with Crippen molar-refractivity contribution in [3.63, 3.8) is 0 Å². The standard InChI is InChI=1S/C9H10BrNO3S/c1-13-8(12)6-7(15-9(10)11-6)5-3-2-4-14-5/h5H,2-4H2,1H3. The highest BCUT2D eigenvalue weighted by molar-refractivity contribution is 9.11. The monoisotopic (exact) mass is 291 g/mol. The van der Waals surface area contributed by atoms with Gasteiger partial charge >= 0.3 is 5.97 Å². The predicted molar refractivity (Wildman–Crippen MR) is 59.1 cm³/mol. The minimum Gasteiger partial charge on any atom is -0.464 e. The lowest BCUT2D eigenvalue weighted by Gasteiger charge is -2.07. The summed E-state index contributed by atoms with van der Waals surface area (Å²) in [5, 5.41) is 0. The molecule has 1 aromatic rings. The van der Waals surface area contributed by atoms with Gasteiger partial charge in [-0.25, -0.2) is 9.78 Å². The Hall–Kier alpha value is -0.460. The molecule has 0 aromatic carbocycles. The maximum Gasteiger partial charge on any atom is 0.357 e. The van der Waals surface area contributed by atoms with E-state index in [1.54, 1.807) is 0 Å². The van der Waals surface area contributed by atoms with E-state index in [4.69, 9.17) is 4.74 Å². The number of carbonyl (C=O) groups excluding carboxylic acids is 1. The third-order valence-electron chi connectivity index (χ3n) is 2.23. The van der Waals surface area contributed by atoms with E-state index in [1.165, 1.54) is 18.4 Å². The van der Waals surface area contributed by atoms with E-state index in [-0.39, 0.29) is 6.10 Å². The first-order chi connectivity index (χ1) is 7.22. The van der Waals surface area contributed by atoms with E-state index in [9.17, 15) is 4.79 Å². The maximum absolute atomic E-state index is 11.4. The van der Waals surface area contributed by atoms with E-state index in [0.717, 1.165) is 24.3 Å². The normalized spacial score (nSPS) is 20.5. The number of carbonyl (C=O) groups is 1. The lowest BCUT2D eigenvalue weighted by atomic mass is 10.2. The molecule has 1 fully saturated rings. The molecular formula is C9H10BrNO3S. The molecule has 1 unspecified atom stereocenters. The number of halogens is 1. The molecule has 1 aliphatic heterocycles. The molecule has 0 aliphatic carbocycles. The van der Waals surface area contributed by atoms with Gasteiger partial charge in [0, 0.05) is 6.61 Å². The summed E-state index contributed by atoms with van der Waals surface area (Å²) in [4.78, 5) is 16.4. The van der Waals surface area contributed by atoms with Gasteiger partial charge in [0.25, 0.3) is 0 Å². The number of thiazole rings is 1. The molecule has 15 heavy (non-hydrogen) atoms. The van der Waals surface area contributed by atoms with Crippen LogP contribution in [0.5, 0.6) is 0 Å². The lowest BCUT2D eigenvalue weighted by molar-refractivity contribution is 0.0583. The molecule has 0 N–H and O–H groups in total. The third-order valence-corrected chi connectivity index (χ3v) is 3.83. The Morgan fingerprint density at radius 3 is 3.13 bits per heavy atom. The fourth-order valence-corrected chi connectivity index (χ4v) is 3.11. The summed E-state index contributed by atoms with van der Waals surface area (Å²) < 4.78 is 10.9. The molecule has 1 aromatic heterocycles. The van der Waals surface area contributed by atoms with Crippen molar-refractivity contribution in [3.05, 3.63) is 14.5 Å². The van der Waals surface area contributed by atoms with E-state index >= 15 is 0 Å². The highest BCUT2D eigenvalue weighted by atomic mass is 79.9. The molecule has 1 saturated heterocycles. The van der Waals surface area contributed by atoms with Crippen LogP contribution < -0.4 is 0 Å². The Morgan fingerprint density at radius 2 is 2.53 bits per heavy atom. The fraction of sp³-hybridized carbons (Fsp3) is 0.556. The molecule has 1 atom stereocenters. The van der Waals surface area contributed by atoms with Crippen LogP contribution in [0.15, 0.2) is 3.92 Å². The molecule has 0 spiro atoms. The van der Waals surface area contributed by atoms with Crippen LogP contribution in [0, 0.1) is 0 Å². The second-order valence-corrected chi connectivity index (χ2v) is 5.48. The van der Waals surface area contributed by atoms with Crippen LogP contribution in [0.25, 0.3) is 0 Å². The minimum absolute atomic E-state index is 0.00269. The predicted octanol–water partition coefficient (Wildman–Crippen LogP) is 2.54. The van der Waals surface area contributed by atoms with Crippen molar-refractivity contribution in [1.82, 2.24) is 4.98 Å². The van der Waals surface area contributed by atoms with E-state index in [0.29, 0.717) is 9.61 Å². The van der Waals surface area contributed by atoms with Crippen LogP contribution in [-0.2, 0) is 9.47 Å². The zero-order chi connectivity index (χ0) is 10.8. The topological polar surface area (TPSA) is 48.4 Å². The van der Waals surface area contributed by atoms with Gasteiger partial charge < -0.3 is 9.47 Å². The molecule has 0 amide bonds. The van der Waals surface area contributed by atoms with Gasteiger partial charge in [-0.2, -0.15) is 0 Å². The summed E-state index contributed by atoms with van der Waals surface area (Å²) in [7, 11) is 1.36. The van der Waals surface area contributed by atoms with Gasteiger partial charge in [-0.3, -0.25) is 0 Å². The van der Waals surface area contributed by atoms with Crippen LogP contribution in [-0.4, -0.2) is 24.7 Å². The molecule has 0 saturated carbocycles. The zero-order valence-electron chi connectivity index (χ0n) is 8.16. The summed E-state index contributed by atoms with van der Waals surface area (Å²) in [6, 6.07) is 0. The highest BCUT2D eigenvalue weighted by Gasteiger charge is 2.27. The van der Waals surface area contributed by atoms with Gasteiger partial charge in [0.15, 0.2) is 9.61 Å². The Kier molecular flexibility index (Phi) is 3.38. The van der Waals surface area contributed by atoms with Crippen molar-refractivity contribution < 1.29 is 14.3 Å². The molecule has 2 heterocycles. The van der Waals surface area contributed by atoms with Crippen molar-refractivity contribution in [2.75, 3.05) is 13.7 Å². The summed E-state index contributed by atoms with van der Waals surface area (Å²) in [6.45, 7) is 0.751. The number of ether oxygens (including phenoxy) is 2. The van der Waals surface area contributed by atoms with Gasteiger partial charge in [0.05, 0.1) is 18.1 Å². The van der Waals surface area contributed by atoms with Gasteiger partial charge in [-0.05, 0) is 28.8 Å². The highest BCUT2D eigenvalue weighted by Crippen LogP contribution is 2.36. The second kappa shape index (κ2) is 4.59. The number of methoxy groups -OCH3 is 1. The van der Waals surface area contributed by atoms with Crippen molar-refractivity contribution >= 4 is 33.2 Å². The Labute approximate surface area is 99.7 Å². The van der Waals surface area contributed by atoms with Crippen LogP contribution in [0.4, 0.5) is 0 Å². The quantitative estimate of drug-likeness (QED) is 0.786. The Balaban J connectivity index is 2.32. The smallest absolute Gasteiger partial charge is 0.357 e. The summed E-state index contributed by atoms with van der Waals surface area (Å²) in [5.41, 5.74) is 0.376. The number of rotatable bonds is 2. The SMILES string of the molecule is COC(=O)c1nc(Br)sc1C1CCCO1.